The minimum atomic E-state index is -4.83. The topological polar surface area (TPSA) is 91.6 Å². The predicted molar refractivity (Wildman–Crippen MR) is 195 cm³/mol. The summed E-state index contributed by atoms with van der Waals surface area (Å²) in [6.45, 7) is 15.5. The van der Waals surface area contributed by atoms with E-state index >= 15 is 8.78 Å². The fourth-order valence-electron chi connectivity index (χ4n) is 7.54. The zero-order valence-corrected chi connectivity index (χ0v) is 31.5. The number of aliphatic carboxylic acids is 1. The van der Waals surface area contributed by atoms with Crippen LogP contribution < -0.4 is 10.9 Å². The Morgan fingerprint density at radius 3 is 2.09 bits per heavy atom. The van der Waals surface area contributed by atoms with Gasteiger partial charge < -0.3 is 19.9 Å². The third-order valence-corrected chi connectivity index (χ3v) is 9.93. The van der Waals surface area contributed by atoms with Crippen LogP contribution in [0.1, 0.15) is 117 Å². The molecule has 2 atom stereocenters. The van der Waals surface area contributed by atoms with Gasteiger partial charge in [0.2, 0.25) is 5.91 Å². The van der Waals surface area contributed by atoms with E-state index < -0.39 is 70.8 Å². The van der Waals surface area contributed by atoms with E-state index in [-0.39, 0.29) is 35.1 Å². The summed E-state index contributed by atoms with van der Waals surface area (Å²) >= 11 is 0. The van der Waals surface area contributed by atoms with Gasteiger partial charge in [-0.05, 0) is 114 Å². The van der Waals surface area contributed by atoms with Crippen LogP contribution in [0.2, 0.25) is 0 Å². The van der Waals surface area contributed by atoms with Gasteiger partial charge in [0, 0.05) is 29.4 Å². The summed E-state index contributed by atoms with van der Waals surface area (Å²) in [7, 11) is 0. The maximum atomic E-state index is 16.7. The molecule has 2 aromatic carbocycles. The van der Waals surface area contributed by atoms with Crippen molar-refractivity contribution in [1.29, 1.82) is 0 Å². The molecule has 0 aliphatic carbocycles. The van der Waals surface area contributed by atoms with Crippen LogP contribution in [0.5, 0.6) is 0 Å². The number of piperidine rings is 1. The Hall–Kier alpha value is -4.50. The Labute approximate surface area is 307 Å². The molecule has 286 valence electrons. The molecule has 2 heterocycles. The molecule has 12 heteroatoms. The molecule has 0 bridgehead atoms. The zero-order valence-electron chi connectivity index (χ0n) is 31.5. The van der Waals surface area contributed by atoms with Crippen LogP contribution in [0.15, 0.2) is 35.3 Å². The highest BCUT2D eigenvalue weighted by atomic mass is 19.4. The summed E-state index contributed by atoms with van der Waals surface area (Å²) in [5.41, 5.74) is -0.516. The molecule has 1 aliphatic rings. The number of hydrogen-bond acceptors (Lipinski definition) is 4. The summed E-state index contributed by atoms with van der Waals surface area (Å²) in [4.78, 5) is 42.1. The van der Waals surface area contributed by atoms with Gasteiger partial charge in [0.05, 0.1) is 23.6 Å². The SMILES string of the molecule is CC#Cc1cc(-c2c(C)cc(C)cc2C)c(F)c(C(CC(=O)O)NC(=O)C(CC(C)C)n2cc(C3CCN(C(C)C)CC3)c(C(F)(F)F)cc2=O)c1F. The van der Waals surface area contributed by atoms with Crippen LogP contribution in [-0.4, -0.2) is 45.6 Å². The van der Waals surface area contributed by atoms with Crippen LogP contribution in [0.4, 0.5) is 22.0 Å². The molecule has 1 amide bonds. The Balaban J connectivity index is 1.88. The molecule has 1 fully saturated rings. The van der Waals surface area contributed by atoms with Crippen LogP contribution in [0.3, 0.4) is 0 Å². The quantitative estimate of drug-likeness (QED) is 0.152. The van der Waals surface area contributed by atoms with Gasteiger partial charge >= 0.3 is 12.1 Å². The summed E-state index contributed by atoms with van der Waals surface area (Å²) in [6.07, 6.45) is -3.92. The lowest BCUT2D eigenvalue weighted by molar-refractivity contribution is -0.139. The second-order valence-electron chi connectivity index (χ2n) is 14.8. The highest BCUT2D eigenvalue weighted by molar-refractivity contribution is 5.82. The van der Waals surface area contributed by atoms with Gasteiger partial charge in [-0.3, -0.25) is 14.4 Å². The number of nitrogens with one attached hydrogen (secondary N) is 1. The van der Waals surface area contributed by atoms with Crippen molar-refractivity contribution in [3.8, 4) is 23.0 Å². The minimum Gasteiger partial charge on any atom is -0.481 e. The van der Waals surface area contributed by atoms with Crippen molar-refractivity contribution in [1.82, 2.24) is 14.8 Å². The van der Waals surface area contributed by atoms with Gasteiger partial charge in [-0.25, -0.2) is 8.78 Å². The Morgan fingerprint density at radius 1 is 0.981 bits per heavy atom. The molecule has 1 aromatic heterocycles. The smallest absolute Gasteiger partial charge is 0.416 e. The number of carboxylic acid groups (broad SMARTS) is 1. The number of carboxylic acids is 1. The first kappa shape index (κ1) is 41.3. The molecule has 3 aromatic rings. The number of nitrogens with zero attached hydrogens (tertiary/aromatic N) is 2. The average Bonchev–Trinajstić information content (AvgIpc) is 3.04. The van der Waals surface area contributed by atoms with Gasteiger partial charge in [0.1, 0.15) is 17.7 Å². The van der Waals surface area contributed by atoms with Gasteiger partial charge in [-0.15, -0.1) is 5.92 Å². The van der Waals surface area contributed by atoms with E-state index in [1.165, 1.54) is 13.0 Å². The van der Waals surface area contributed by atoms with E-state index in [9.17, 15) is 32.7 Å². The van der Waals surface area contributed by atoms with Crippen molar-refractivity contribution in [2.75, 3.05) is 13.1 Å². The number of rotatable bonds is 11. The first-order valence-electron chi connectivity index (χ1n) is 17.9. The summed E-state index contributed by atoms with van der Waals surface area (Å²) < 4.78 is 77.1. The Bertz CT molecular complexity index is 1960. The fourth-order valence-corrected chi connectivity index (χ4v) is 7.54. The fraction of sp³-hybridized carbons (Fsp3) is 0.488. The van der Waals surface area contributed by atoms with E-state index in [0.29, 0.717) is 48.7 Å². The van der Waals surface area contributed by atoms with Crippen LogP contribution in [-0.2, 0) is 15.8 Å². The third-order valence-electron chi connectivity index (χ3n) is 9.93. The van der Waals surface area contributed by atoms with E-state index in [2.05, 4.69) is 22.1 Å². The molecule has 1 aliphatic heterocycles. The second-order valence-corrected chi connectivity index (χ2v) is 14.8. The lowest BCUT2D eigenvalue weighted by Gasteiger charge is -2.36. The lowest BCUT2D eigenvalue weighted by Crippen LogP contribution is -2.41. The molecule has 4 rings (SSSR count). The average molecular weight is 742 g/mol. The van der Waals surface area contributed by atoms with Crippen LogP contribution in [0, 0.1) is 50.2 Å². The van der Waals surface area contributed by atoms with E-state index in [1.54, 1.807) is 27.7 Å². The second kappa shape index (κ2) is 16.7. The first-order valence-corrected chi connectivity index (χ1v) is 17.9. The number of alkyl halides is 3. The van der Waals surface area contributed by atoms with Crippen molar-refractivity contribution in [3.05, 3.63) is 91.4 Å². The normalized spacial score (nSPS) is 15.3. The number of carbonyl (C=O) groups excluding carboxylic acids is 1. The number of hydrogen-bond donors (Lipinski definition) is 2. The zero-order chi connectivity index (χ0) is 39.5. The maximum absolute atomic E-state index is 16.7. The van der Waals surface area contributed by atoms with Crippen LogP contribution >= 0.6 is 0 Å². The summed E-state index contributed by atoms with van der Waals surface area (Å²) in [5.74, 6) is -0.301. The molecule has 0 saturated carbocycles. The Kier molecular flexibility index (Phi) is 13.0. The number of amides is 1. The summed E-state index contributed by atoms with van der Waals surface area (Å²) in [6, 6.07) is 2.41. The van der Waals surface area contributed by atoms with Gasteiger partial charge in [-0.2, -0.15) is 13.2 Å². The monoisotopic (exact) mass is 741 g/mol. The van der Waals surface area contributed by atoms with Crippen molar-refractivity contribution < 1.29 is 36.6 Å². The van der Waals surface area contributed by atoms with Gasteiger partial charge in [-0.1, -0.05) is 37.5 Å². The number of benzene rings is 2. The molecule has 0 spiro atoms. The molecule has 2 N–H and O–H groups in total. The molecule has 53 heavy (non-hydrogen) atoms. The molecule has 7 nitrogen and oxygen atoms in total. The van der Waals surface area contributed by atoms with E-state index in [0.717, 1.165) is 16.3 Å². The van der Waals surface area contributed by atoms with Crippen molar-refractivity contribution in [2.24, 2.45) is 5.92 Å². The number of halogens is 5. The number of likely N-dealkylation sites (tertiary alicyclic amines) is 1. The lowest BCUT2D eigenvalue weighted by atomic mass is 9.86. The van der Waals surface area contributed by atoms with Crippen LogP contribution in [0.25, 0.3) is 11.1 Å². The highest BCUT2D eigenvalue weighted by Crippen LogP contribution is 2.40. The van der Waals surface area contributed by atoms with Gasteiger partial charge in [0.15, 0.2) is 0 Å². The number of pyridine rings is 1. The summed E-state index contributed by atoms with van der Waals surface area (Å²) in [5, 5.41) is 12.4. The van der Waals surface area contributed by atoms with Crippen molar-refractivity contribution >= 4 is 11.9 Å². The highest BCUT2D eigenvalue weighted by Gasteiger charge is 2.39. The van der Waals surface area contributed by atoms with Crippen molar-refractivity contribution in [3.63, 3.8) is 0 Å². The molecular weight excluding hydrogens is 693 g/mol. The van der Waals surface area contributed by atoms with Gasteiger partial charge in [0.25, 0.3) is 5.56 Å². The number of aromatic nitrogens is 1. The minimum absolute atomic E-state index is 0.0374. The molecule has 1 saturated heterocycles. The number of carbonyl (C=O) groups is 2. The predicted octanol–water partition coefficient (Wildman–Crippen LogP) is 8.62. The standard InChI is InChI=1S/C41H48F5N3O4/c1-9-10-28-18-29(36-25(7)16-24(6)17-26(36)8)39(43)37(38(28)42)32(20-35(51)52)47-40(53)33(15-22(2)3)49-21-30(31(19-34(49)50)41(44,45)46)27-11-13-48(14-12-27)23(4)5/h16-19,21-23,27,32-33H,11-15,20H2,1-8H3,(H,47,53)(H,51,52). The van der Waals surface area contributed by atoms with E-state index in [1.807, 2.05) is 32.9 Å². The maximum Gasteiger partial charge on any atom is 0.416 e. The van der Waals surface area contributed by atoms with E-state index in [4.69, 9.17) is 0 Å². The Morgan fingerprint density at radius 2 is 1.58 bits per heavy atom. The molecule has 0 radical (unpaired) electrons. The first-order chi connectivity index (χ1) is 24.7. The molecule has 2 unspecified atom stereocenters. The third kappa shape index (κ3) is 9.36. The number of aryl methyl sites for hydroxylation is 3. The largest absolute Gasteiger partial charge is 0.481 e. The molecular formula is C41H48F5N3O4. The van der Waals surface area contributed by atoms with Crippen molar-refractivity contribution in [2.45, 2.75) is 111 Å².